The number of nitrogens with one attached hydrogen (secondary N) is 5. The van der Waals surface area contributed by atoms with Gasteiger partial charge in [0.25, 0.3) is 0 Å². The second-order valence-electron chi connectivity index (χ2n) is 20.2. The third-order valence-corrected chi connectivity index (χ3v) is 13.9. The zero-order valence-corrected chi connectivity index (χ0v) is 51.5. The highest BCUT2D eigenvalue weighted by Gasteiger charge is 2.45. The summed E-state index contributed by atoms with van der Waals surface area (Å²) in [5.74, 6) is -3.02. The van der Waals surface area contributed by atoms with E-state index in [1.165, 1.54) is 38.6 Å². The van der Waals surface area contributed by atoms with E-state index in [0.717, 1.165) is 16.0 Å². The van der Waals surface area contributed by atoms with Gasteiger partial charge in [0.2, 0.25) is 30.0 Å². The number of aliphatic hydroxyl groups is 1. The molecule has 2 aromatic rings. The molecule has 23 nitrogen and oxygen atoms in total. The maximum atomic E-state index is 13.8. The number of esters is 1. The number of methoxy groups -OCH3 is 1. The van der Waals surface area contributed by atoms with E-state index in [0.29, 0.717) is 90.7 Å². The van der Waals surface area contributed by atoms with E-state index in [1.807, 2.05) is 37.3 Å². The average molecular weight is 1270 g/mol. The molecule has 2 fully saturated rings. The molecule has 4 bridgehead atoms. The third-order valence-electron chi connectivity index (χ3n) is 12.9. The Kier molecular flexibility index (Phi) is 33.0. The van der Waals surface area contributed by atoms with Gasteiger partial charge in [-0.15, -0.1) is 0 Å². The number of anilines is 2. The summed E-state index contributed by atoms with van der Waals surface area (Å²) in [6.45, 7) is 12.9. The molecule has 0 aliphatic carbocycles. The van der Waals surface area contributed by atoms with Gasteiger partial charge < -0.3 is 66.0 Å². The number of benzene rings is 2. The Morgan fingerprint density at radius 3 is 2.39 bits per heavy atom. The number of ether oxygens (including phenoxy) is 4. The molecule has 5 rings (SSSR count). The van der Waals surface area contributed by atoms with Crippen LogP contribution in [0.4, 0.5) is 25.4 Å². The largest absolute Gasteiger partial charge is 0.495 e. The maximum Gasteiger partial charge on any atom is 0.409 e. The number of carbonyl (C=O) groups excluding carboxylic acids is 8. The molecule has 4 unspecified atom stereocenters. The van der Waals surface area contributed by atoms with Gasteiger partial charge in [0.1, 0.15) is 40.5 Å². The number of carboxylic acids is 1. The van der Waals surface area contributed by atoms with Gasteiger partial charge in [0.15, 0.2) is 0 Å². The van der Waals surface area contributed by atoms with Crippen LogP contribution in [0.3, 0.4) is 0 Å². The number of rotatable bonds is 21. The zero-order valence-electron chi connectivity index (χ0n) is 49.1. The quantitative estimate of drug-likeness (QED) is 0.0155. The fraction of sp³-hybridized carbons (Fsp3) is 0.534. The van der Waals surface area contributed by atoms with E-state index in [1.54, 1.807) is 26.0 Å². The Hall–Kier alpha value is -7.09. The lowest BCUT2D eigenvalue weighted by Crippen LogP contribution is -2.56. The van der Waals surface area contributed by atoms with Crippen molar-refractivity contribution in [1.29, 1.82) is 0 Å². The molecule has 466 valence electrons. The molecule has 3 aliphatic rings. The summed E-state index contributed by atoms with van der Waals surface area (Å²) < 4.78 is 35.4. The second kappa shape index (κ2) is 38.0. The molecule has 26 heteroatoms. The van der Waals surface area contributed by atoms with Gasteiger partial charge in [-0.2, -0.15) is 0 Å². The highest BCUT2D eigenvalue weighted by atomic mass is 79.9. The van der Waals surface area contributed by atoms with Gasteiger partial charge in [-0.25, -0.2) is 23.6 Å². The third kappa shape index (κ3) is 27.5. The number of nitrogens with zero attached hydrogens (tertiary/aromatic N) is 2. The molecule has 0 spiro atoms. The summed E-state index contributed by atoms with van der Waals surface area (Å²) >= 11 is 9.66. The number of aliphatic carboxylic acids is 1. The van der Waals surface area contributed by atoms with Gasteiger partial charge in [-0.3, -0.25) is 29.3 Å². The van der Waals surface area contributed by atoms with Crippen molar-refractivity contribution >= 4 is 93.0 Å². The van der Waals surface area contributed by atoms with E-state index < -0.39 is 65.6 Å². The molecule has 0 saturated carbocycles. The van der Waals surface area contributed by atoms with Crippen LogP contribution in [0.15, 0.2) is 66.3 Å². The number of carboxylic acid groups (broad SMARTS) is 1. The molecule has 0 aromatic heterocycles. The van der Waals surface area contributed by atoms with Crippen molar-refractivity contribution in [3.05, 3.63) is 88.3 Å². The highest BCUT2D eigenvalue weighted by Crippen LogP contribution is 2.38. The molecule has 3 heterocycles. The van der Waals surface area contributed by atoms with Crippen LogP contribution in [0, 0.1) is 12.7 Å². The number of carbonyl (C=O) groups is 9. The summed E-state index contributed by atoms with van der Waals surface area (Å²) in [6.07, 6.45) is 11.0. The minimum absolute atomic E-state index is 0.0777. The van der Waals surface area contributed by atoms with Crippen molar-refractivity contribution < 1.29 is 76.7 Å². The Balaban J connectivity index is 0.000000481. The van der Waals surface area contributed by atoms with Gasteiger partial charge in [0, 0.05) is 69.3 Å². The molecule has 2 saturated heterocycles. The van der Waals surface area contributed by atoms with E-state index in [-0.39, 0.29) is 75.1 Å². The van der Waals surface area contributed by atoms with Crippen molar-refractivity contribution in [2.45, 2.75) is 154 Å². The predicted molar refractivity (Wildman–Crippen MR) is 319 cm³/mol. The molecule has 9 N–H and O–H groups in total. The standard InChI is InChI=1S/C25H35BrFN5O6.C25H31ClN2O6.C5H9NO3.C3H8/c1-16-9-10-18(13-19(16)27)31-23(35)20(7-6-11-29-25(28)37)32-22(34)15-30-21(33)8-4-3-5-12-38-24(36)17(2)14-26;1-15-6-4-5-9-25(31)14-17(33-24(30)27-25)13-20-19(34-20)7-8-22(29)28(2)18-11-16(10-15)12-21(32-3)23(18)26;1-4(5(8)9)6(2)3-7;1-3-2/h9-10,13,20H,2-8,11-12,14-15H2,1H3,(H,30,33)(H,31,35)(H,32,34)(H3,28,29,37);4-6,11-12,17,19-20,31H,7-10,13-14H2,1-3H3,(H,27,30);3-4H,1-2H3,(H,8,9);3H2,1-2H3/b;5-4+,15-6+;;/t;17?,19?,20?,25-;4-;/m.10./s1. The monoisotopic (exact) mass is 1260 g/mol. The lowest BCUT2D eigenvalue weighted by atomic mass is 9.96. The molecular weight excluding hydrogens is 1180 g/mol. The van der Waals surface area contributed by atoms with Crippen LogP contribution in [0.25, 0.3) is 0 Å². The van der Waals surface area contributed by atoms with Crippen molar-refractivity contribution in [1.82, 2.24) is 26.2 Å². The number of primary amides is 1. The summed E-state index contributed by atoms with van der Waals surface area (Å²) in [5, 5.41) is 32.5. The van der Waals surface area contributed by atoms with E-state index in [2.05, 4.69) is 62.9 Å². The number of fused-ring (bicyclic) bond motifs is 5. The summed E-state index contributed by atoms with van der Waals surface area (Å²) in [7, 11) is 4.69. The molecule has 3 aliphatic heterocycles. The number of amides is 8. The van der Waals surface area contributed by atoms with Crippen LogP contribution in [0.5, 0.6) is 5.75 Å². The minimum atomic E-state index is -1.37. The van der Waals surface area contributed by atoms with Crippen LogP contribution < -0.4 is 42.0 Å². The van der Waals surface area contributed by atoms with E-state index >= 15 is 0 Å². The number of hydrogen-bond acceptors (Lipinski definition) is 14. The van der Waals surface area contributed by atoms with Crippen LogP contribution in [-0.4, -0.2) is 152 Å². The first-order valence-corrected chi connectivity index (χ1v) is 29.0. The summed E-state index contributed by atoms with van der Waals surface area (Å²) in [6, 6.07) is 5.56. The Labute approximate surface area is 504 Å². The Morgan fingerprint density at radius 1 is 1.07 bits per heavy atom. The number of allylic oxidation sites excluding steroid dienone is 3. The van der Waals surface area contributed by atoms with Crippen LogP contribution >= 0.6 is 27.5 Å². The van der Waals surface area contributed by atoms with Gasteiger partial charge in [-0.05, 0) is 101 Å². The normalized spacial score (nSPS) is 19.7. The smallest absolute Gasteiger partial charge is 0.409 e. The summed E-state index contributed by atoms with van der Waals surface area (Å²) in [4.78, 5) is 107. The number of hydrogen-bond donors (Lipinski definition) is 8. The molecule has 84 heavy (non-hydrogen) atoms. The number of alkyl carbamates (subject to hydrolysis) is 1. The van der Waals surface area contributed by atoms with Crippen LogP contribution in [-0.2, 0) is 54.2 Å². The van der Waals surface area contributed by atoms with Gasteiger partial charge in [-0.1, -0.05) is 84.2 Å². The number of alkyl halides is 1. The first-order chi connectivity index (χ1) is 39.7. The first-order valence-electron chi connectivity index (χ1n) is 27.5. The van der Waals surface area contributed by atoms with Crippen LogP contribution in [0.1, 0.15) is 116 Å². The minimum Gasteiger partial charge on any atom is -0.495 e. The first kappa shape index (κ1) is 73.0. The van der Waals surface area contributed by atoms with Crippen LogP contribution in [0.2, 0.25) is 5.02 Å². The van der Waals surface area contributed by atoms with Gasteiger partial charge >= 0.3 is 24.1 Å². The number of urea groups is 1. The number of likely N-dealkylation sites (N-methyl/N-ethyl adjacent to an activating group) is 1. The SMILES string of the molecule is C=C(CBr)C(=O)OCCCCCC(=O)NCC(=O)NC(CCCNC(N)=O)C(=O)Nc1ccc(C)c(F)c1.CCC.COc1cc2cc(c1Cl)N(C)C(=O)CCC1OC1CC1C[C@](O)(C/C=C/C=C(\C)C2)NC(=O)O1.C[C@@H](C(=O)O)N(C)C=O. The van der Waals surface area contributed by atoms with E-state index in [4.69, 9.17) is 41.4 Å². The number of epoxide rings is 1. The lowest BCUT2D eigenvalue weighted by Gasteiger charge is -2.36. The number of nitrogens with two attached hydrogens (primary N) is 1. The fourth-order valence-corrected chi connectivity index (χ4v) is 8.48. The molecular formula is C58H83BrClFN8O15. The van der Waals surface area contributed by atoms with E-state index in [9.17, 15) is 52.6 Å². The predicted octanol–water partition coefficient (Wildman–Crippen LogP) is 7.03. The number of unbranched alkanes of at least 4 members (excludes halogenated alkanes) is 2. The fourth-order valence-electron chi connectivity index (χ4n) is 7.93. The zero-order chi connectivity index (χ0) is 63.1. The average Bonchev–Trinajstić information content (AvgIpc) is 4.24. The molecule has 8 amide bonds. The highest BCUT2D eigenvalue weighted by molar-refractivity contribution is 9.09. The van der Waals surface area contributed by atoms with Crippen molar-refractivity contribution in [3.8, 4) is 5.75 Å². The lowest BCUT2D eigenvalue weighted by molar-refractivity contribution is -0.144. The second-order valence-corrected chi connectivity index (χ2v) is 21.2. The molecule has 6 atom stereocenters. The number of aryl methyl sites for hydroxylation is 1. The summed E-state index contributed by atoms with van der Waals surface area (Å²) in [5.41, 5.74) is 7.26. The topological polar surface area (TPSA) is 327 Å². The van der Waals surface area contributed by atoms with Gasteiger partial charge in [0.05, 0.1) is 38.2 Å². The van der Waals surface area contributed by atoms with Crippen molar-refractivity contribution in [3.63, 3.8) is 0 Å². The maximum absolute atomic E-state index is 13.8. The molecule has 2 aromatic carbocycles. The Morgan fingerprint density at radius 2 is 1.77 bits per heavy atom. The van der Waals surface area contributed by atoms with Crippen molar-refractivity contribution in [2.75, 3.05) is 56.4 Å². The number of halogens is 3. The Bertz CT molecular complexity index is 2650. The van der Waals surface area contributed by atoms with Crippen molar-refractivity contribution in [2.24, 2.45) is 5.73 Å². The molecule has 0 radical (unpaired) electrons.